The lowest BCUT2D eigenvalue weighted by atomic mass is 10.0. The van der Waals surface area contributed by atoms with Crippen molar-refractivity contribution in [2.45, 2.75) is 24.3 Å². The number of hydrogen-bond donors (Lipinski definition) is 1. The van der Waals surface area contributed by atoms with Crippen molar-refractivity contribution in [1.29, 1.82) is 0 Å². The maximum absolute atomic E-state index is 12.4. The second-order valence-electron chi connectivity index (χ2n) is 5.86. The molecule has 1 heterocycles. The van der Waals surface area contributed by atoms with Crippen LogP contribution in [-0.2, 0) is 9.59 Å². The van der Waals surface area contributed by atoms with Gasteiger partial charge >= 0.3 is 5.97 Å². The molecule has 2 aromatic rings. The average Bonchev–Trinajstić information content (AvgIpc) is 2.94. The molecule has 5 heteroatoms. The van der Waals surface area contributed by atoms with Crippen LogP contribution in [0.1, 0.15) is 13.3 Å². The molecule has 1 N–H and O–H groups in total. The monoisotopic (exact) mass is 329 g/mol. The summed E-state index contributed by atoms with van der Waals surface area (Å²) in [5, 5.41) is 11.5. The van der Waals surface area contributed by atoms with Gasteiger partial charge in [0.25, 0.3) is 0 Å². The topological polar surface area (TPSA) is 57.6 Å². The van der Waals surface area contributed by atoms with E-state index in [2.05, 4.69) is 24.3 Å². The van der Waals surface area contributed by atoms with Gasteiger partial charge < -0.3 is 10.0 Å². The van der Waals surface area contributed by atoms with Gasteiger partial charge in [0, 0.05) is 17.5 Å². The van der Waals surface area contributed by atoms with Crippen LogP contribution < -0.4 is 0 Å². The van der Waals surface area contributed by atoms with Gasteiger partial charge in [0.05, 0.1) is 11.7 Å². The molecular weight excluding hydrogens is 310 g/mol. The van der Waals surface area contributed by atoms with Crippen LogP contribution in [0.15, 0.2) is 47.4 Å². The number of carbonyl (C=O) groups is 2. The fraction of sp³-hybridized carbons (Fsp3) is 0.333. The Kier molecular flexibility index (Phi) is 4.57. The lowest BCUT2D eigenvalue weighted by Gasteiger charge is -2.23. The number of carboxylic acid groups (broad SMARTS) is 1. The van der Waals surface area contributed by atoms with Gasteiger partial charge in [-0.15, -0.1) is 11.8 Å². The summed E-state index contributed by atoms with van der Waals surface area (Å²) >= 11 is 1.50. The molecule has 1 aliphatic rings. The number of likely N-dealkylation sites (tertiary alicyclic amines) is 1. The molecule has 1 fully saturated rings. The summed E-state index contributed by atoms with van der Waals surface area (Å²) in [5.41, 5.74) is 0. The van der Waals surface area contributed by atoms with Gasteiger partial charge in [-0.05, 0) is 36.2 Å². The van der Waals surface area contributed by atoms with Gasteiger partial charge in [0.15, 0.2) is 0 Å². The Morgan fingerprint density at radius 2 is 1.96 bits per heavy atom. The maximum atomic E-state index is 12.4. The Bertz CT molecular complexity index is 746. The first-order valence-electron chi connectivity index (χ1n) is 7.70. The highest BCUT2D eigenvalue weighted by molar-refractivity contribution is 8.00. The minimum atomic E-state index is -0.810. The molecule has 23 heavy (non-hydrogen) atoms. The fourth-order valence-corrected chi connectivity index (χ4v) is 3.94. The number of benzene rings is 2. The Balaban J connectivity index is 1.63. The van der Waals surface area contributed by atoms with Crippen LogP contribution in [0.4, 0.5) is 0 Å². The molecule has 1 saturated heterocycles. The molecule has 1 aliphatic heterocycles. The Hall–Kier alpha value is -2.01. The molecule has 120 valence electrons. The number of nitrogens with zero attached hydrogens (tertiary/aromatic N) is 1. The Morgan fingerprint density at radius 1 is 1.22 bits per heavy atom. The normalized spacial score (nSPS) is 20.8. The molecule has 2 unspecified atom stereocenters. The van der Waals surface area contributed by atoms with E-state index >= 15 is 0 Å². The molecule has 3 rings (SSSR count). The van der Waals surface area contributed by atoms with Gasteiger partial charge in [0.1, 0.15) is 0 Å². The summed E-state index contributed by atoms with van der Waals surface area (Å²) in [6, 6.07) is 14.1. The number of carboxylic acids is 1. The molecule has 0 saturated carbocycles. The average molecular weight is 329 g/mol. The first-order chi connectivity index (χ1) is 11.1. The standard InChI is InChI=1S/C18H19NO3S/c1-12-16(18(21)22)8-9-19(12)17(20)11-23-15-7-6-13-4-2-3-5-14(13)10-15/h2-7,10,12,16H,8-9,11H2,1H3,(H,21,22). The van der Waals surface area contributed by atoms with E-state index in [1.165, 1.54) is 17.1 Å². The summed E-state index contributed by atoms with van der Waals surface area (Å²) in [4.78, 5) is 26.3. The van der Waals surface area contributed by atoms with Crippen LogP contribution in [-0.4, -0.2) is 40.2 Å². The van der Waals surface area contributed by atoms with E-state index in [4.69, 9.17) is 5.11 Å². The number of aliphatic carboxylic acids is 1. The third-order valence-electron chi connectivity index (χ3n) is 4.48. The van der Waals surface area contributed by atoms with Crippen LogP contribution in [0.25, 0.3) is 10.8 Å². The molecule has 2 atom stereocenters. The summed E-state index contributed by atoms with van der Waals surface area (Å²) in [7, 11) is 0. The smallest absolute Gasteiger partial charge is 0.308 e. The van der Waals surface area contributed by atoms with E-state index in [9.17, 15) is 9.59 Å². The fourth-order valence-electron chi connectivity index (χ4n) is 3.11. The Labute approximate surface area is 139 Å². The predicted octanol–water partition coefficient (Wildman–Crippen LogP) is 3.25. The number of thioether (sulfide) groups is 1. The minimum Gasteiger partial charge on any atom is -0.481 e. The van der Waals surface area contributed by atoms with Gasteiger partial charge in [-0.2, -0.15) is 0 Å². The number of hydrogen-bond acceptors (Lipinski definition) is 3. The van der Waals surface area contributed by atoms with E-state index in [1.54, 1.807) is 4.90 Å². The van der Waals surface area contributed by atoms with E-state index in [-0.39, 0.29) is 11.9 Å². The third kappa shape index (κ3) is 3.34. The highest BCUT2D eigenvalue weighted by Crippen LogP contribution is 2.27. The molecule has 0 aliphatic carbocycles. The van der Waals surface area contributed by atoms with Crippen molar-refractivity contribution < 1.29 is 14.7 Å². The van der Waals surface area contributed by atoms with E-state index in [1.807, 2.05) is 25.1 Å². The number of amides is 1. The number of rotatable bonds is 4. The lowest BCUT2D eigenvalue weighted by Crippen LogP contribution is -2.38. The van der Waals surface area contributed by atoms with E-state index < -0.39 is 11.9 Å². The zero-order valence-corrected chi connectivity index (χ0v) is 13.8. The molecule has 1 amide bonds. The van der Waals surface area contributed by atoms with E-state index in [0.29, 0.717) is 18.7 Å². The van der Waals surface area contributed by atoms with Crippen molar-refractivity contribution in [3.63, 3.8) is 0 Å². The van der Waals surface area contributed by atoms with Crippen molar-refractivity contribution >= 4 is 34.4 Å². The van der Waals surface area contributed by atoms with Crippen LogP contribution >= 0.6 is 11.8 Å². The third-order valence-corrected chi connectivity index (χ3v) is 5.45. The molecule has 2 aromatic carbocycles. The summed E-state index contributed by atoms with van der Waals surface area (Å²) in [6.07, 6.45) is 0.545. The maximum Gasteiger partial charge on any atom is 0.308 e. The lowest BCUT2D eigenvalue weighted by molar-refractivity contribution is -0.142. The molecular formula is C18H19NO3S. The quantitative estimate of drug-likeness (QED) is 0.875. The van der Waals surface area contributed by atoms with Gasteiger partial charge in [-0.3, -0.25) is 9.59 Å². The van der Waals surface area contributed by atoms with Crippen LogP contribution in [0.3, 0.4) is 0 Å². The van der Waals surface area contributed by atoms with Crippen molar-refractivity contribution in [2.24, 2.45) is 5.92 Å². The van der Waals surface area contributed by atoms with Gasteiger partial charge in [-0.25, -0.2) is 0 Å². The second kappa shape index (κ2) is 6.62. The SMILES string of the molecule is CC1C(C(=O)O)CCN1C(=O)CSc1ccc2ccccc2c1. The zero-order chi connectivity index (χ0) is 16.4. The first-order valence-corrected chi connectivity index (χ1v) is 8.68. The number of fused-ring (bicyclic) bond motifs is 1. The van der Waals surface area contributed by atoms with Crippen LogP contribution in [0.5, 0.6) is 0 Å². The van der Waals surface area contributed by atoms with Crippen molar-refractivity contribution in [1.82, 2.24) is 4.90 Å². The van der Waals surface area contributed by atoms with E-state index in [0.717, 1.165) is 10.3 Å². The van der Waals surface area contributed by atoms with Crippen LogP contribution in [0, 0.1) is 5.92 Å². The summed E-state index contributed by atoms with van der Waals surface area (Å²) in [5.74, 6) is -0.895. The number of carbonyl (C=O) groups excluding carboxylic acids is 1. The van der Waals surface area contributed by atoms with Crippen molar-refractivity contribution in [3.05, 3.63) is 42.5 Å². The largest absolute Gasteiger partial charge is 0.481 e. The molecule has 0 spiro atoms. The van der Waals surface area contributed by atoms with Crippen LogP contribution in [0.2, 0.25) is 0 Å². The molecule has 0 aromatic heterocycles. The highest BCUT2D eigenvalue weighted by Gasteiger charge is 2.37. The minimum absolute atomic E-state index is 0.0133. The zero-order valence-electron chi connectivity index (χ0n) is 12.9. The van der Waals surface area contributed by atoms with Gasteiger partial charge in [0.2, 0.25) is 5.91 Å². The first kappa shape index (κ1) is 15.9. The predicted molar refractivity (Wildman–Crippen MR) is 91.6 cm³/mol. The van der Waals surface area contributed by atoms with Gasteiger partial charge in [-0.1, -0.05) is 30.3 Å². The van der Waals surface area contributed by atoms with Crippen molar-refractivity contribution in [2.75, 3.05) is 12.3 Å². The van der Waals surface area contributed by atoms with Crippen molar-refractivity contribution in [3.8, 4) is 0 Å². The molecule has 4 nitrogen and oxygen atoms in total. The molecule has 0 bridgehead atoms. The highest BCUT2D eigenvalue weighted by atomic mass is 32.2. The summed E-state index contributed by atoms with van der Waals surface area (Å²) in [6.45, 7) is 2.36. The second-order valence-corrected chi connectivity index (χ2v) is 6.91. The summed E-state index contributed by atoms with van der Waals surface area (Å²) < 4.78 is 0. The Morgan fingerprint density at radius 3 is 2.65 bits per heavy atom. The molecule has 0 radical (unpaired) electrons.